The molecule has 20 nitrogen and oxygen atoms in total. The van der Waals surface area contributed by atoms with Crippen molar-refractivity contribution in [2.75, 3.05) is 105 Å². The van der Waals surface area contributed by atoms with Crippen molar-refractivity contribution in [2.45, 2.75) is 26.2 Å². The van der Waals surface area contributed by atoms with Crippen molar-refractivity contribution in [1.82, 2.24) is 78.0 Å². The van der Waals surface area contributed by atoms with Crippen LogP contribution in [0.4, 0.5) is 0 Å². The number of fused-ring (bicyclic) bond motifs is 4. The van der Waals surface area contributed by atoms with Crippen LogP contribution in [0.15, 0.2) is 189 Å². The van der Waals surface area contributed by atoms with E-state index in [1.165, 1.54) is 22.3 Å². The normalized spacial score (nSPS) is 16.0. The fourth-order valence-electron chi connectivity index (χ4n) is 11.6. The van der Waals surface area contributed by atoms with Gasteiger partial charge in [0.1, 0.15) is 0 Å². The van der Waals surface area contributed by atoms with Gasteiger partial charge in [0.15, 0.2) is 22.6 Å². The van der Waals surface area contributed by atoms with Gasteiger partial charge in [-0.1, -0.05) is 121 Å². The van der Waals surface area contributed by atoms with Crippen LogP contribution in [0, 0.1) is 0 Å². The number of rotatable bonds is 12. The molecule has 24 heteroatoms. The van der Waals surface area contributed by atoms with E-state index in [1.54, 1.807) is 0 Å². The Bertz CT molecular complexity index is 3790. The lowest BCUT2D eigenvalue weighted by atomic mass is 10.1. The van der Waals surface area contributed by atoms with Gasteiger partial charge >= 0.3 is 0 Å². The highest BCUT2D eigenvalue weighted by molar-refractivity contribution is 9.11. The molecule has 16 rings (SSSR count). The Balaban J connectivity index is 0.000000112. The van der Waals surface area contributed by atoms with Gasteiger partial charge in [0.2, 0.25) is 18.9 Å². The van der Waals surface area contributed by atoms with Gasteiger partial charge in [-0.05, 0) is 135 Å². The predicted octanol–water partition coefficient (Wildman–Crippen LogP) is 12.0. The molecule has 0 bridgehead atoms. The second-order valence-electron chi connectivity index (χ2n) is 22.6. The van der Waals surface area contributed by atoms with Crippen LogP contribution in [-0.4, -0.2) is 183 Å². The van der Waals surface area contributed by atoms with Gasteiger partial charge in [-0.15, -0.1) is 20.4 Å². The molecule has 4 saturated heterocycles. The molecule has 4 aliphatic heterocycles. The highest BCUT2D eigenvalue weighted by Crippen LogP contribution is 2.27. The van der Waals surface area contributed by atoms with Crippen molar-refractivity contribution in [2.24, 2.45) is 0 Å². The highest BCUT2D eigenvalue weighted by atomic mass is 79.9. The minimum Gasteiger partial charge on any atom is -0.379 e. The number of halogens is 4. The lowest BCUT2D eigenvalue weighted by Crippen LogP contribution is -2.35. The van der Waals surface area contributed by atoms with Gasteiger partial charge in [-0.2, -0.15) is 0 Å². The second-order valence-corrected chi connectivity index (χ2v) is 25.4. The number of hydrogen-bond acceptors (Lipinski definition) is 16. The third-order valence-corrected chi connectivity index (χ3v) is 17.7. The summed E-state index contributed by atoms with van der Waals surface area (Å²) in [4.78, 5) is 27.1. The van der Waals surface area contributed by atoms with Crippen LogP contribution in [0.5, 0.6) is 0 Å². The minimum atomic E-state index is 0.605. The molecule has 4 fully saturated rings. The Hall–Kier alpha value is -7.04. The van der Waals surface area contributed by atoms with Crippen LogP contribution < -0.4 is 0 Å². The highest BCUT2D eigenvalue weighted by Gasteiger charge is 2.17. The molecule has 0 atom stereocenters. The zero-order valence-electron chi connectivity index (χ0n) is 50.6. The molecule has 8 aromatic heterocycles. The van der Waals surface area contributed by atoms with E-state index in [0.29, 0.717) is 18.9 Å². The number of morpholine rings is 4. The third-order valence-electron chi connectivity index (χ3n) is 16.4. The van der Waals surface area contributed by atoms with Crippen LogP contribution in [0.1, 0.15) is 22.3 Å². The lowest BCUT2D eigenvalue weighted by Gasteiger charge is -2.26. The van der Waals surface area contributed by atoms with Gasteiger partial charge in [-0.3, -0.25) is 19.6 Å². The Morgan fingerprint density at radius 2 is 0.457 bits per heavy atom. The smallest absolute Gasteiger partial charge is 0.218 e. The molecule has 0 N–H and O–H groups in total. The molecule has 472 valence electrons. The molecule has 92 heavy (non-hydrogen) atoms. The first kappa shape index (κ1) is 63.7. The minimum absolute atomic E-state index is 0.605. The first-order valence-electron chi connectivity index (χ1n) is 30.8. The first-order chi connectivity index (χ1) is 45.2. The maximum Gasteiger partial charge on any atom is 0.218 e. The van der Waals surface area contributed by atoms with E-state index >= 15 is 0 Å². The van der Waals surface area contributed by atoms with E-state index in [1.807, 2.05) is 66.6 Å². The summed E-state index contributed by atoms with van der Waals surface area (Å²) in [5.74, 6) is 0. The van der Waals surface area contributed by atoms with E-state index in [9.17, 15) is 0 Å². The van der Waals surface area contributed by atoms with Crippen LogP contribution in [0.3, 0.4) is 0 Å². The molecule has 0 unspecified atom stereocenters. The van der Waals surface area contributed by atoms with Gasteiger partial charge in [-0.25, -0.2) is 38.0 Å². The molecule has 4 aromatic carbocycles. The molecule has 12 heterocycles. The zero-order valence-corrected chi connectivity index (χ0v) is 57.0. The lowest BCUT2D eigenvalue weighted by molar-refractivity contribution is 0.0341. The average Bonchev–Trinajstić information content (AvgIpc) is 1.83. The van der Waals surface area contributed by atoms with E-state index in [2.05, 4.69) is 245 Å². The fourth-order valence-corrected chi connectivity index (χ4v) is 12.9. The molecule has 4 aliphatic rings. The Kier molecular flexibility index (Phi) is 21.3. The second kappa shape index (κ2) is 30.8. The summed E-state index contributed by atoms with van der Waals surface area (Å²) in [7, 11) is 0. The standard InChI is InChI=1S/4C17H17BrN4O/c4*18-17-19-16-3-1-2-15(22(16)20-17)14-6-4-13(5-7-14)12-21-8-10-23-11-9-21/h4*1-7H,8-12H2. The van der Waals surface area contributed by atoms with Gasteiger partial charge in [0.05, 0.1) is 75.6 Å². The van der Waals surface area contributed by atoms with Crippen LogP contribution in [0.25, 0.3) is 67.6 Å². The van der Waals surface area contributed by atoms with E-state index in [-0.39, 0.29) is 0 Å². The summed E-state index contributed by atoms with van der Waals surface area (Å²) in [6, 6.07) is 58.8. The number of nitrogens with zero attached hydrogens (tertiary/aromatic N) is 16. The number of benzene rings is 4. The van der Waals surface area contributed by atoms with Crippen LogP contribution in [0.2, 0.25) is 0 Å². The van der Waals surface area contributed by atoms with E-state index in [0.717, 1.165) is 199 Å². The van der Waals surface area contributed by atoms with Crippen molar-refractivity contribution in [3.8, 4) is 45.0 Å². The molecular formula is C68H68Br4N16O4. The molecular weight excluding hydrogens is 1420 g/mol. The monoisotopic (exact) mass is 1490 g/mol. The van der Waals surface area contributed by atoms with E-state index in [4.69, 9.17) is 18.9 Å². The fraction of sp³-hybridized carbons (Fsp3) is 0.294. The molecule has 0 amide bonds. The molecule has 12 aromatic rings. The van der Waals surface area contributed by atoms with Gasteiger partial charge in [0, 0.05) is 101 Å². The summed E-state index contributed by atoms with van der Waals surface area (Å²) in [6.45, 7) is 18.6. The Labute approximate surface area is 566 Å². The predicted molar refractivity (Wildman–Crippen MR) is 369 cm³/mol. The maximum atomic E-state index is 5.40. The zero-order chi connectivity index (χ0) is 62.6. The summed E-state index contributed by atoms with van der Waals surface area (Å²) < 4.78 is 31.5. The Morgan fingerprint density at radius 3 is 0.652 bits per heavy atom. The van der Waals surface area contributed by atoms with Crippen molar-refractivity contribution in [3.63, 3.8) is 0 Å². The van der Waals surface area contributed by atoms with Crippen LogP contribution in [-0.2, 0) is 45.1 Å². The summed E-state index contributed by atoms with van der Waals surface area (Å²) >= 11 is 13.4. The van der Waals surface area contributed by atoms with Crippen molar-refractivity contribution in [3.05, 3.63) is 211 Å². The molecule has 0 saturated carbocycles. The quantitative estimate of drug-likeness (QED) is 0.113. The number of aromatic nitrogens is 12. The SMILES string of the molecule is Brc1nc2cccc(-c3ccc(CN4CCOCC4)cc3)n2n1.Brc1nc2cccc(-c3ccc(CN4CCOCC4)cc3)n2n1.Brc1nc2cccc(-c3ccc(CN4CCOCC4)cc3)n2n1.Brc1nc2cccc(-c3ccc(CN4CCOCC4)cc3)n2n1. The molecule has 0 radical (unpaired) electrons. The summed E-state index contributed by atoms with van der Waals surface area (Å²) in [5, 5.41) is 17.6. The average molecular weight is 1490 g/mol. The topological polar surface area (TPSA) is 171 Å². The van der Waals surface area contributed by atoms with Crippen LogP contribution >= 0.6 is 63.7 Å². The van der Waals surface area contributed by atoms with Gasteiger partial charge in [0.25, 0.3) is 0 Å². The molecule has 0 spiro atoms. The number of hydrogen-bond donors (Lipinski definition) is 0. The molecule has 0 aliphatic carbocycles. The number of ether oxygens (including phenoxy) is 4. The van der Waals surface area contributed by atoms with Gasteiger partial charge < -0.3 is 18.9 Å². The van der Waals surface area contributed by atoms with Crippen molar-refractivity contribution in [1.29, 1.82) is 0 Å². The summed E-state index contributed by atoms with van der Waals surface area (Å²) in [6.07, 6.45) is 0. The summed E-state index contributed by atoms with van der Waals surface area (Å²) in [5.41, 5.74) is 17.4. The maximum absolute atomic E-state index is 5.40. The largest absolute Gasteiger partial charge is 0.379 e. The third kappa shape index (κ3) is 16.3. The van der Waals surface area contributed by atoms with Crippen molar-refractivity contribution < 1.29 is 18.9 Å². The number of pyridine rings is 4. The van der Waals surface area contributed by atoms with Crippen molar-refractivity contribution >= 4 is 86.3 Å². The van der Waals surface area contributed by atoms with E-state index < -0.39 is 0 Å². The first-order valence-corrected chi connectivity index (χ1v) is 34.0. The Morgan fingerprint density at radius 1 is 0.261 bits per heavy atom.